The van der Waals surface area contributed by atoms with Crippen LogP contribution in [0.3, 0.4) is 0 Å². The van der Waals surface area contributed by atoms with Gasteiger partial charge in [-0.05, 0) is 72.5 Å². The van der Waals surface area contributed by atoms with Gasteiger partial charge in [0.2, 0.25) is 0 Å². The van der Waals surface area contributed by atoms with Gasteiger partial charge < -0.3 is 15.0 Å². The molecule has 0 aliphatic carbocycles. The summed E-state index contributed by atoms with van der Waals surface area (Å²) in [5.41, 5.74) is 2.61. The molecule has 1 saturated heterocycles. The fraction of sp³-hybridized carbons (Fsp3) is 0.355. The molecule has 0 spiro atoms. The number of hydrogen-bond acceptors (Lipinski definition) is 6. The first kappa shape index (κ1) is 31.1. The van der Waals surface area contributed by atoms with Crippen LogP contribution in [0.2, 0.25) is 0 Å². The lowest BCUT2D eigenvalue weighted by Gasteiger charge is -2.41. The summed E-state index contributed by atoms with van der Waals surface area (Å²) in [7, 11) is -3.38. The van der Waals surface area contributed by atoms with Crippen LogP contribution in [0.1, 0.15) is 59.6 Å². The molecule has 1 heterocycles. The fourth-order valence-corrected chi connectivity index (χ4v) is 6.06. The molecule has 11 heteroatoms. The predicted molar refractivity (Wildman–Crippen MR) is 153 cm³/mol. The highest BCUT2D eigenvalue weighted by molar-refractivity contribution is 7.91. The van der Waals surface area contributed by atoms with Crippen LogP contribution in [-0.4, -0.2) is 45.9 Å². The van der Waals surface area contributed by atoms with E-state index in [0.29, 0.717) is 24.1 Å². The molecule has 3 aromatic rings. The van der Waals surface area contributed by atoms with E-state index in [2.05, 4.69) is 16.1 Å². The van der Waals surface area contributed by atoms with Gasteiger partial charge in [0.05, 0.1) is 41.8 Å². The minimum atomic E-state index is -3.38. The number of nitrogens with one attached hydrogen (secondary N) is 1. The van der Waals surface area contributed by atoms with Crippen molar-refractivity contribution in [3.63, 3.8) is 0 Å². The zero-order valence-corrected chi connectivity index (χ0v) is 23.9. The van der Waals surface area contributed by atoms with Gasteiger partial charge in [-0.1, -0.05) is 31.2 Å². The molecular formula is C31H32F3N3O4S. The third-order valence-corrected chi connectivity index (χ3v) is 9.30. The smallest absolute Gasteiger partial charge is 0.345 e. The average Bonchev–Trinajstić information content (AvgIpc) is 3.00. The first-order chi connectivity index (χ1) is 20.1. The first-order valence-corrected chi connectivity index (χ1v) is 15.3. The number of nitrogens with zero attached hydrogens (tertiary/aromatic N) is 2. The number of hydrogen-bond donors (Lipinski definition) is 1. The van der Waals surface area contributed by atoms with Gasteiger partial charge in [0.1, 0.15) is 5.82 Å². The van der Waals surface area contributed by atoms with Crippen molar-refractivity contribution >= 4 is 21.4 Å². The van der Waals surface area contributed by atoms with Gasteiger partial charge in [-0.25, -0.2) is 12.8 Å². The Labute approximate surface area is 243 Å². The normalized spacial score (nSPS) is 18.0. The SMILES string of the molecule is CCS(=O)(=O)c1ccc(C(CC#N)NC(=O)c2ccc(N3C[C@@H](c4ccc(F)cc4)CC[C@H]3COC(F)F)cc2)cc1. The summed E-state index contributed by atoms with van der Waals surface area (Å²) in [6.07, 6.45) is 1.30. The minimum Gasteiger partial charge on any atom is -0.366 e. The van der Waals surface area contributed by atoms with Crippen LogP contribution < -0.4 is 10.2 Å². The van der Waals surface area contributed by atoms with E-state index in [0.717, 1.165) is 17.7 Å². The molecule has 0 radical (unpaired) electrons. The second-order valence-electron chi connectivity index (χ2n) is 10.1. The van der Waals surface area contributed by atoms with E-state index < -0.39 is 28.4 Å². The number of anilines is 1. The summed E-state index contributed by atoms with van der Waals surface area (Å²) in [5, 5.41) is 12.2. The Morgan fingerprint density at radius 2 is 1.71 bits per heavy atom. The fourth-order valence-electron chi connectivity index (χ4n) is 5.17. The summed E-state index contributed by atoms with van der Waals surface area (Å²) in [5.74, 6) is -0.735. The quantitative estimate of drug-likeness (QED) is 0.291. The van der Waals surface area contributed by atoms with Gasteiger partial charge in [-0.15, -0.1) is 0 Å². The van der Waals surface area contributed by atoms with Gasteiger partial charge in [0.25, 0.3) is 5.91 Å². The van der Waals surface area contributed by atoms with E-state index in [1.807, 2.05) is 4.90 Å². The van der Waals surface area contributed by atoms with Crippen LogP contribution in [0.4, 0.5) is 18.9 Å². The molecule has 1 unspecified atom stereocenters. The Hall–Kier alpha value is -3.88. The summed E-state index contributed by atoms with van der Waals surface area (Å²) in [6.45, 7) is -0.992. The Bertz CT molecular complexity index is 1490. The van der Waals surface area contributed by atoms with Crippen molar-refractivity contribution in [2.45, 2.75) is 55.7 Å². The number of alkyl halides is 2. The molecule has 222 valence electrons. The monoisotopic (exact) mass is 599 g/mol. The minimum absolute atomic E-state index is 0.0198. The van der Waals surface area contributed by atoms with Gasteiger partial charge >= 0.3 is 6.61 Å². The summed E-state index contributed by atoms with van der Waals surface area (Å²) in [4.78, 5) is 15.3. The van der Waals surface area contributed by atoms with Crippen molar-refractivity contribution in [1.82, 2.24) is 5.32 Å². The molecule has 0 saturated carbocycles. The van der Waals surface area contributed by atoms with Gasteiger partial charge in [0, 0.05) is 23.7 Å². The average molecular weight is 600 g/mol. The Balaban J connectivity index is 1.50. The van der Waals surface area contributed by atoms with Gasteiger partial charge in [0.15, 0.2) is 9.84 Å². The lowest BCUT2D eigenvalue weighted by Crippen LogP contribution is -2.45. The lowest BCUT2D eigenvalue weighted by molar-refractivity contribution is -0.133. The second-order valence-corrected chi connectivity index (χ2v) is 12.4. The summed E-state index contributed by atoms with van der Waals surface area (Å²) >= 11 is 0. The maximum absolute atomic E-state index is 13.5. The highest BCUT2D eigenvalue weighted by Crippen LogP contribution is 2.34. The van der Waals surface area contributed by atoms with Crippen molar-refractivity contribution in [3.05, 3.63) is 95.3 Å². The summed E-state index contributed by atoms with van der Waals surface area (Å²) < 4.78 is 68.0. The number of halogens is 3. The molecule has 1 amide bonds. The number of nitriles is 1. The zero-order chi connectivity index (χ0) is 30.3. The van der Waals surface area contributed by atoms with Crippen LogP contribution in [0.25, 0.3) is 0 Å². The Morgan fingerprint density at radius 3 is 2.31 bits per heavy atom. The molecule has 3 atom stereocenters. The highest BCUT2D eigenvalue weighted by Gasteiger charge is 2.30. The van der Waals surface area contributed by atoms with E-state index in [4.69, 9.17) is 0 Å². The van der Waals surface area contributed by atoms with Crippen molar-refractivity contribution in [3.8, 4) is 6.07 Å². The third kappa shape index (κ3) is 7.69. The van der Waals surface area contributed by atoms with Gasteiger partial charge in [-0.3, -0.25) is 4.79 Å². The lowest BCUT2D eigenvalue weighted by atomic mass is 9.87. The topological polar surface area (TPSA) is 99.5 Å². The van der Waals surface area contributed by atoms with Crippen LogP contribution in [0, 0.1) is 17.1 Å². The Morgan fingerprint density at radius 1 is 1.05 bits per heavy atom. The molecule has 0 aromatic heterocycles. The van der Waals surface area contributed by atoms with Crippen LogP contribution >= 0.6 is 0 Å². The second kappa shape index (κ2) is 13.9. The molecule has 0 bridgehead atoms. The van der Waals surface area contributed by atoms with Crippen molar-refractivity contribution in [1.29, 1.82) is 5.26 Å². The molecule has 3 aromatic carbocycles. The maximum Gasteiger partial charge on any atom is 0.345 e. The number of benzene rings is 3. The predicted octanol–water partition coefficient (Wildman–Crippen LogP) is 6.00. The first-order valence-electron chi connectivity index (χ1n) is 13.6. The largest absolute Gasteiger partial charge is 0.366 e. The van der Waals surface area contributed by atoms with E-state index in [1.54, 1.807) is 55.5 Å². The van der Waals surface area contributed by atoms with E-state index >= 15 is 0 Å². The van der Waals surface area contributed by atoms with E-state index in [1.165, 1.54) is 24.3 Å². The van der Waals surface area contributed by atoms with Crippen molar-refractivity contribution in [2.75, 3.05) is 23.8 Å². The zero-order valence-electron chi connectivity index (χ0n) is 23.0. The maximum atomic E-state index is 13.5. The number of carbonyl (C=O) groups excluding carboxylic acids is 1. The number of piperidine rings is 1. The van der Waals surface area contributed by atoms with Crippen LogP contribution in [0.15, 0.2) is 77.7 Å². The summed E-state index contributed by atoms with van der Waals surface area (Å²) in [6, 6.07) is 20.2. The van der Waals surface area contributed by atoms with E-state index in [9.17, 15) is 31.6 Å². The molecule has 1 fully saturated rings. The number of rotatable bonds is 11. The molecule has 1 N–H and O–H groups in total. The number of amides is 1. The molecular weight excluding hydrogens is 567 g/mol. The molecule has 7 nitrogen and oxygen atoms in total. The Kier molecular flexibility index (Phi) is 10.2. The number of carbonyl (C=O) groups is 1. The highest BCUT2D eigenvalue weighted by atomic mass is 32.2. The molecule has 42 heavy (non-hydrogen) atoms. The number of sulfone groups is 1. The van der Waals surface area contributed by atoms with Crippen LogP contribution in [0.5, 0.6) is 0 Å². The molecule has 1 aliphatic heterocycles. The number of ether oxygens (including phenoxy) is 1. The molecule has 1 aliphatic rings. The standard InChI is InChI=1S/C31H32F3N3O4S/c1-2-42(39,40)28-15-8-22(9-16-28)29(17-18-35)36-30(38)23-5-12-26(13-6-23)37-19-24(21-3-10-25(32)11-4-21)7-14-27(37)20-41-31(33)34/h3-6,8-13,15-16,24,27,29,31H,2,7,14,17,19-20H2,1H3,(H,36,38)/t24-,27-,29?/m0/s1. The van der Waals surface area contributed by atoms with Gasteiger partial charge in [-0.2, -0.15) is 14.0 Å². The van der Waals surface area contributed by atoms with E-state index in [-0.39, 0.29) is 41.5 Å². The van der Waals surface area contributed by atoms with Crippen LogP contribution in [-0.2, 0) is 14.6 Å². The van der Waals surface area contributed by atoms with Crippen molar-refractivity contribution in [2.24, 2.45) is 0 Å². The van der Waals surface area contributed by atoms with Crippen molar-refractivity contribution < 1.29 is 31.1 Å². The third-order valence-electron chi connectivity index (χ3n) is 7.55. The molecule has 4 rings (SSSR count).